The van der Waals surface area contributed by atoms with Crippen molar-refractivity contribution in [3.05, 3.63) is 35.3 Å². The Bertz CT molecular complexity index is 606. The molecule has 0 aliphatic rings. The number of carbonyl (C=O) groups excluding carboxylic acids is 1. The van der Waals surface area contributed by atoms with E-state index in [0.717, 1.165) is 28.5 Å². The quantitative estimate of drug-likeness (QED) is 0.791. The number of nitrogens with one attached hydrogen (secondary N) is 3. The third-order valence-electron chi connectivity index (χ3n) is 2.91. The molecule has 0 aliphatic carbocycles. The summed E-state index contributed by atoms with van der Waals surface area (Å²) >= 11 is 1.83. The van der Waals surface area contributed by atoms with Crippen LogP contribution in [0.25, 0.3) is 0 Å². The summed E-state index contributed by atoms with van der Waals surface area (Å²) in [6.07, 6.45) is 1.70. The van der Waals surface area contributed by atoms with E-state index in [2.05, 4.69) is 32.7 Å². The number of H-pyrrole nitrogens is 1. The number of aryl methyl sites for hydroxylation is 2. The monoisotopic (exact) mass is 305 g/mol. The fourth-order valence-corrected chi connectivity index (χ4v) is 2.47. The highest BCUT2D eigenvalue weighted by atomic mass is 32.2. The molecular formula is C14H19N5OS. The molecular weight excluding hydrogens is 286 g/mol. The highest BCUT2D eigenvalue weighted by Crippen LogP contribution is 2.17. The molecule has 2 amide bonds. The van der Waals surface area contributed by atoms with Crippen molar-refractivity contribution in [3.63, 3.8) is 0 Å². The first kappa shape index (κ1) is 15.4. The molecule has 0 aliphatic heterocycles. The number of anilines is 2. The summed E-state index contributed by atoms with van der Waals surface area (Å²) in [5, 5.41) is 12.4. The molecule has 2 aromatic heterocycles. The van der Waals surface area contributed by atoms with E-state index in [4.69, 9.17) is 0 Å². The Morgan fingerprint density at radius 1 is 1.38 bits per heavy atom. The van der Waals surface area contributed by atoms with Crippen molar-refractivity contribution in [1.29, 1.82) is 0 Å². The zero-order chi connectivity index (χ0) is 15.2. The molecule has 2 heterocycles. The summed E-state index contributed by atoms with van der Waals surface area (Å²) in [5.41, 5.74) is 3.42. The summed E-state index contributed by atoms with van der Waals surface area (Å²) in [5.74, 6) is 2.51. The Kier molecular flexibility index (Phi) is 5.21. The van der Waals surface area contributed by atoms with E-state index in [0.29, 0.717) is 11.5 Å². The van der Waals surface area contributed by atoms with Crippen LogP contribution in [0.1, 0.15) is 23.9 Å². The van der Waals surface area contributed by atoms with Crippen LogP contribution in [0.2, 0.25) is 0 Å². The standard InChI is InChI=1S/C14H19N5OS/c1-4-21-8-11-5-6-15-12(7-11)16-14(20)17-13-9(2)18-19-10(13)3/h5-7H,4,8H2,1-3H3,(H,18,19)(H2,15,16,17,20). The predicted octanol–water partition coefficient (Wildman–Crippen LogP) is 3.32. The average molecular weight is 305 g/mol. The molecule has 2 aromatic rings. The molecule has 0 atom stereocenters. The lowest BCUT2D eigenvalue weighted by atomic mass is 10.3. The number of aromatic amines is 1. The van der Waals surface area contributed by atoms with E-state index in [1.165, 1.54) is 0 Å². The van der Waals surface area contributed by atoms with Crippen LogP contribution >= 0.6 is 11.8 Å². The van der Waals surface area contributed by atoms with Crippen LogP contribution in [0, 0.1) is 13.8 Å². The van der Waals surface area contributed by atoms with Crippen molar-refractivity contribution in [3.8, 4) is 0 Å². The van der Waals surface area contributed by atoms with Crippen LogP contribution in [0.3, 0.4) is 0 Å². The summed E-state index contributed by atoms with van der Waals surface area (Å²) in [6, 6.07) is 3.52. The van der Waals surface area contributed by atoms with E-state index >= 15 is 0 Å². The maximum atomic E-state index is 12.0. The van der Waals surface area contributed by atoms with Crippen molar-refractivity contribution in [1.82, 2.24) is 15.2 Å². The van der Waals surface area contributed by atoms with Gasteiger partial charge in [0.25, 0.3) is 0 Å². The van der Waals surface area contributed by atoms with Gasteiger partial charge in [0.05, 0.1) is 17.1 Å². The lowest BCUT2D eigenvalue weighted by molar-refractivity contribution is 0.262. The van der Waals surface area contributed by atoms with Gasteiger partial charge in [-0.2, -0.15) is 16.9 Å². The van der Waals surface area contributed by atoms with Crippen LogP contribution in [-0.4, -0.2) is 27.0 Å². The maximum absolute atomic E-state index is 12.0. The minimum atomic E-state index is -0.324. The van der Waals surface area contributed by atoms with E-state index in [-0.39, 0.29) is 6.03 Å². The fraction of sp³-hybridized carbons (Fsp3) is 0.357. The van der Waals surface area contributed by atoms with E-state index in [1.54, 1.807) is 6.20 Å². The van der Waals surface area contributed by atoms with Gasteiger partial charge in [0.1, 0.15) is 5.82 Å². The average Bonchev–Trinajstić information content (AvgIpc) is 2.77. The smallest absolute Gasteiger partial charge is 0.304 e. The molecule has 0 aromatic carbocycles. The van der Waals surface area contributed by atoms with Gasteiger partial charge in [-0.05, 0) is 37.3 Å². The molecule has 21 heavy (non-hydrogen) atoms. The number of rotatable bonds is 5. The lowest BCUT2D eigenvalue weighted by Gasteiger charge is -2.08. The van der Waals surface area contributed by atoms with Crippen molar-refractivity contribution < 1.29 is 4.79 Å². The molecule has 0 saturated carbocycles. The van der Waals surface area contributed by atoms with Crippen molar-refractivity contribution in [2.45, 2.75) is 26.5 Å². The predicted molar refractivity (Wildman–Crippen MR) is 86.8 cm³/mol. The minimum Gasteiger partial charge on any atom is -0.304 e. The molecule has 0 fully saturated rings. The highest BCUT2D eigenvalue weighted by Gasteiger charge is 2.10. The number of hydrogen-bond donors (Lipinski definition) is 3. The van der Waals surface area contributed by atoms with Gasteiger partial charge in [0.2, 0.25) is 0 Å². The second-order valence-corrected chi connectivity index (χ2v) is 5.85. The molecule has 2 rings (SSSR count). The number of hydrogen-bond acceptors (Lipinski definition) is 4. The highest BCUT2D eigenvalue weighted by molar-refractivity contribution is 7.98. The number of nitrogens with zero attached hydrogens (tertiary/aromatic N) is 2. The van der Waals surface area contributed by atoms with Gasteiger partial charge < -0.3 is 5.32 Å². The van der Waals surface area contributed by atoms with Gasteiger partial charge in [0.15, 0.2) is 0 Å². The van der Waals surface area contributed by atoms with Gasteiger partial charge in [-0.1, -0.05) is 6.92 Å². The summed E-state index contributed by atoms with van der Waals surface area (Å²) in [4.78, 5) is 16.2. The number of urea groups is 1. The molecule has 112 valence electrons. The first-order valence-corrected chi connectivity index (χ1v) is 7.88. The van der Waals surface area contributed by atoms with Crippen LogP contribution in [0.5, 0.6) is 0 Å². The molecule has 0 saturated heterocycles. The SMILES string of the molecule is CCSCc1ccnc(NC(=O)Nc2c(C)n[nH]c2C)c1. The molecule has 0 unspecified atom stereocenters. The Labute approximate surface area is 128 Å². The number of thioether (sulfide) groups is 1. The number of carbonyl (C=O) groups is 1. The zero-order valence-electron chi connectivity index (χ0n) is 12.4. The van der Waals surface area contributed by atoms with Crippen molar-refractivity contribution >= 4 is 29.3 Å². The van der Waals surface area contributed by atoms with E-state index in [1.807, 2.05) is 37.7 Å². The number of pyridine rings is 1. The first-order valence-electron chi connectivity index (χ1n) is 6.72. The van der Waals surface area contributed by atoms with Gasteiger partial charge in [-0.3, -0.25) is 10.4 Å². The molecule has 6 nitrogen and oxygen atoms in total. The topological polar surface area (TPSA) is 82.7 Å². The van der Waals surface area contributed by atoms with Gasteiger partial charge in [-0.25, -0.2) is 9.78 Å². The molecule has 0 bridgehead atoms. The summed E-state index contributed by atoms with van der Waals surface area (Å²) in [7, 11) is 0. The second-order valence-electron chi connectivity index (χ2n) is 4.57. The largest absolute Gasteiger partial charge is 0.324 e. The number of aromatic nitrogens is 3. The minimum absolute atomic E-state index is 0.324. The summed E-state index contributed by atoms with van der Waals surface area (Å²) < 4.78 is 0. The maximum Gasteiger partial charge on any atom is 0.324 e. The summed E-state index contributed by atoms with van der Waals surface area (Å²) in [6.45, 7) is 5.81. The Balaban J connectivity index is 1.99. The first-order chi connectivity index (χ1) is 10.1. The molecule has 7 heteroatoms. The molecule has 3 N–H and O–H groups in total. The van der Waals surface area contributed by atoms with E-state index in [9.17, 15) is 4.79 Å². The van der Waals surface area contributed by atoms with Gasteiger partial charge in [-0.15, -0.1) is 0 Å². The van der Waals surface area contributed by atoms with Crippen molar-refractivity contribution in [2.75, 3.05) is 16.4 Å². The van der Waals surface area contributed by atoms with Crippen LogP contribution in [0.4, 0.5) is 16.3 Å². The lowest BCUT2D eigenvalue weighted by Crippen LogP contribution is -2.20. The van der Waals surface area contributed by atoms with Crippen LogP contribution in [0.15, 0.2) is 18.3 Å². The van der Waals surface area contributed by atoms with Crippen LogP contribution < -0.4 is 10.6 Å². The fourth-order valence-electron chi connectivity index (χ4n) is 1.85. The zero-order valence-corrected chi connectivity index (χ0v) is 13.2. The molecule has 0 spiro atoms. The second kappa shape index (κ2) is 7.12. The normalized spacial score (nSPS) is 10.4. The Morgan fingerprint density at radius 2 is 2.19 bits per heavy atom. The molecule has 0 radical (unpaired) electrons. The van der Waals surface area contributed by atoms with Crippen LogP contribution in [-0.2, 0) is 5.75 Å². The van der Waals surface area contributed by atoms with Gasteiger partial charge >= 0.3 is 6.03 Å². The Morgan fingerprint density at radius 3 is 2.86 bits per heavy atom. The number of amides is 2. The van der Waals surface area contributed by atoms with Gasteiger partial charge in [0, 0.05) is 11.9 Å². The van der Waals surface area contributed by atoms with E-state index < -0.39 is 0 Å². The third kappa shape index (κ3) is 4.22. The van der Waals surface area contributed by atoms with Crippen molar-refractivity contribution in [2.24, 2.45) is 0 Å². The Hall–Kier alpha value is -2.02. The third-order valence-corrected chi connectivity index (χ3v) is 3.85.